The van der Waals surface area contributed by atoms with Crippen molar-refractivity contribution >= 4 is 11.9 Å². The van der Waals surface area contributed by atoms with Gasteiger partial charge in [0.2, 0.25) is 5.91 Å². The highest BCUT2D eigenvalue weighted by molar-refractivity contribution is 5.86. The van der Waals surface area contributed by atoms with Gasteiger partial charge < -0.3 is 21.1 Å². The van der Waals surface area contributed by atoms with Gasteiger partial charge in [-0.25, -0.2) is 9.18 Å². The van der Waals surface area contributed by atoms with Crippen molar-refractivity contribution in [3.63, 3.8) is 0 Å². The van der Waals surface area contributed by atoms with E-state index in [4.69, 9.17) is 10.5 Å². The first-order valence-electron chi connectivity index (χ1n) is 8.21. The molecule has 7 heteroatoms. The summed E-state index contributed by atoms with van der Waals surface area (Å²) in [6, 6.07) is 11.4. The molecule has 2 aromatic rings. The Hall–Kier alpha value is -3.09. The zero-order valence-electron chi connectivity index (χ0n) is 14.7. The van der Waals surface area contributed by atoms with Gasteiger partial charge in [0, 0.05) is 6.54 Å². The monoisotopic (exact) mass is 359 g/mol. The molecule has 2 aromatic carbocycles. The molecule has 0 aliphatic rings. The van der Waals surface area contributed by atoms with E-state index in [9.17, 15) is 14.0 Å². The van der Waals surface area contributed by atoms with Crippen molar-refractivity contribution in [1.29, 1.82) is 0 Å². The number of benzene rings is 2. The molecule has 0 fully saturated rings. The molecule has 0 bridgehead atoms. The molecule has 0 saturated carbocycles. The second-order valence-electron chi connectivity index (χ2n) is 6.15. The molecular formula is C19H22FN3O3. The van der Waals surface area contributed by atoms with E-state index in [1.807, 2.05) is 26.0 Å². The normalized spacial score (nSPS) is 11.7. The van der Waals surface area contributed by atoms with Gasteiger partial charge in [0.05, 0.1) is 0 Å². The molecule has 0 radical (unpaired) electrons. The number of hydrogen-bond acceptors (Lipinski definition) is 3. The van der Waals surface area contributed by atoms with Crippen molar-refractivity contribution in [2.45, 2.75) is 26.4 Å². The first kappa shape index (κ1) is 19.2. The molecule has 0 unspecified atom stereocenters. The summed E-state index contributed by atoms with van der Waals surface area (Å²) in [6.07, 6.45) is 0. The van der Waals surface area contributed by atoms with Crippen molar-refractivity contribution in [3.05, 3.63) is 59.9 Å². The maximum absolute atomic E-state index is 12.9. The van der Waals surface area contributed by atoms with Crippen molar-refractivity contribution in [1.82, 2.24) is 10.6 Å². The molecule has 1 atom stereocenters. The smallest absolute Gasteiger partial charge is 0.312 e. The number of ether oxygens (including phenoxy) is 1. The highest BCUT2D eigenvalue weighted by Crippen LogP contribution is 2.21. The predicted molar refractivity (Wildman–Crippen MR) is 96.1 cm³/mol. The van der Waals surface area contributed by atoms with Crippen LogP contribution in [0.2, 0.25) is 0 Å². The van der Waals surface area contributed by atoms with Gasteiger partial charge in [-0.2, -0.15) is 0 Å². The van der Waals surface area contributed by atoms with Crippen LogP contribution in [0.15, 0.2) is 48.5 Å². The summed E-state index contributed by atoms with van der Waals surface area (Å²) < 4.78 is 18.5. The molecule has 4 N–H and O–H groups in total. The predicted octanol–water partition coefficient (Wildman–Crippen LogP) is 2.93. The van der Waals surface area contributed by atoms with Crippen LogP contribution in [0.3, 0.4) is 0 Å². The summed E-state index contributed by atoms with van der Waals surface area (Å²) in [5.74, 6) is 0.417. The van der Waals surface area contributed by atoms with Gasteiger partial charge in [-0.15, -0.1) is 0 Å². The lowest BCUT2D eigenvalue weighted by Crippen LogP contribution is -2.51. The Morgan fingerprint density at radius 3 is 2.08 bits per heavy atom. The number of carbonyl (C=O) groups excluding carboxylic acids is 2. The Morgan fingerprint density at radius 2 is 1.58 bits per heavy atom. The summed E-state index contributed by atoms with van der Waals surface area (Å²) in [4.78, 5) is 23.2. The molecule has 0 aliphatic heterocycles. The lowest BCUT2D eigenvalue weighted by atomic mass is 10.0. The van der Waals surface area contributed by atoms with Crippen LogP contribution in [0.25, 0.3) is 0 Å². The molecule has 138 valence electrons. The maximum Gasteiger partial charge on any atom is 0.312 e. The van der Waals surface area contributed by atoms with E-state index in [1.54, 1.807) is 24.3 Å². The molecule has 0 aromatic heterocycles. The fourth-order valence-corrected chi connectivity index (χ4v) is 2.30. The Morgan fingerprint density at radius 1 is 1.04 bits per heavy atom. The lowest BCUT2D eigenvalue weighted by Gasteiger charge is -2.20. The summed E-state index contributed by atoms with van der Waals surface area (Å²) in [7, 11) is 0. The van der Waals surface area contributed by atoms with Crippen LogP contribution in [0, 0.1) is 11.7 Å². The number of rotatable bonds is 7. The van der Waals surface area contributed by atoms with Gasteiger partial charge >= 0.3 is 6.03 Å². The van der Waals surface area contributed by atoms with Crippen LogP contribution in [0.5, 0.6) is 11.5 Å². The SMILES string of the molecule is CC(C)[C@@H](NC(N)=O)C(=O)NCc1ccc(Oc2ccc(F)cc2)cc1. The van der Waals surface area contributed by atoms with Crippen LogP contribution >= 0.6 is 0 Å². The van der Waals surface area contributed by atoms with E-state index in [0.29, 0.717) is 18.0 Å². The molecule has 0 aliphatic carbocycles. The minimum absolute atomic E-state index is 0.0889. The van der Waals surface area contributed by atoms with Gasteiger partial charge in [-0.05, 0) is 47.9 Å². The highest BCUT2D eigenvalue weighted by Gasteiger charge is 2.22. The van der Waals surface area contributed by atoms with E-state index >= 15 is 0 Å². The average Bonchev–Trinajstić information content (AvgIpc) is 2.60. The van der Waals surface area contributed by atoms with Crippen LogP contribution < -0.4 is 21.1 Å². The first-order valence-corrected chi connectivity index (χ1v) is 8.21. The van der Waals surface area contributed by atoms with Gasteiger partial charge in [0.1, 0.15) is 23.4 Å². The van der Waals surface area contributed by atoms with Gasteiger partial charge in [-0.3, -0.25) is 4.79 Å². The summed E-state index contributed by atoms with van der Waals surface area (Å²) >= 11 is 0. The molecule has 0 spiro atoms. The standard InChI is InChI=1S/C19H22FN3O3/c1-12(2)17(23-19(21)25)18(24)22-11-13-3-7-15(8-4-13)26-16-9-5-14(20)6-10-16/h3-10,12,17H,11H2,1-2H3,(H,22,24)(H3,21,23,25)/t17-/m1/s1. The second kappa shape index (κ2) is 8.84. The van der Waals surface area contributed by atoms with E-state index in [0.717, 1.165) is 5.56 Å². The van der Waals surface area contributed by atoms with Crippen LogP contribution in [0.1, 0.15) is 19.4 Å². The van der Waals surface area contributed by atoms with Crippen molar-refractivity contribution < 1.29 is 18.7 Å². The van der Waals surface area contributed by atoms with Crippen LogP contribution in [-0.4, -0.2) is 18.0 Å². The quantitative estimate of drug-likeness (QED) is 0.709. The number of primary amides is 1. The lowest BCUT2D eigenvalue weighted by molar-refractivity contribution is -0.124. The van der Waals surface area contributed by atoms with Crippen molar-refractivity contribution in [3.8, 4) is 11.5 Å². The number of nitrogens with one attached hydrogen (secondary N) is 2. The summed E-state index contributed by atoms with van der Waals surface area (Å²) in [5, 5.41) is 5.21. The van der Waals surface area contributed by atoms with E-state index in [-0.39, 0.29) is 17.6 Å². The third-order valence-electron chi connectivity index (χ3n) is 3.69. The van der Waals surface area contributed by atoms with Gasteiger partial charge in [0.15, 0.2) is 0 Å². The fraction of sp³-hybridized carbons (Fsp3) is 0.263. The number of halogens is 1. The Labute approximate surface area is 151 Å². The Kier molecular flexibility index (Phi) is 6.54. The fourth-order valence-electron chi connectivity index (χ4n) is 2.30. The molecule has 26 heavy (non-hydrogen) atoms. The minimum Gasteiger partial charge on any atom is -0.457 e. The van der Waals surface area contributed by atoms with E-state index in [1.165, 1.54) is 12.1 Å². The first-order chi connectivity index (χ1) is 12.3. The van der Waals surface area contributed by atoms with Crippen molar-refractivity contribution in [2.75, 3.05) is 0 Å². The zero-order chi connectivity index (χ0) is 19.1. The molecular weight excluding hydrogens is 337 g/mol. The molecule has 0 heterocycles. The average molecular weight is 359 g/mol. The Balaban J connectivity index is 1.91. The number of amides is 3. The molecule has 0 saturated heterocycles. The van der Waals surface area contributed by atoms with Gasteiger partial charge in [0.25, 0.3) is 0 Å². The zero-order valence-corrected chi connectivity index (χ0v) is 14.7. The van der Waals surface area contributed by atoms with Crippen molar-refractivity contribution in [2.24, 2.45) is 11.7 Å². The Bertz CT molecular complexity index is 746. The topological polar surface area (TPSA) is 93.5 Å². The molecule has 3 amide bonds. The van der Waals surface area contributed by atoms with E-state index in [2.05, 4.69) is 10.6 Å². The van der Waals surface area contributed by atoms with Gasteiger partial charge in [-0.1, -0.05) is 26.0 Å². The second-order valence-corrected chi connectivity index (χ2v) is 6.15. The maximum atomic E-state index is 12.9. The number of nitrogens with two attached hydrogens (primary N) is 1. The molecule has 6 nitrogen and oxygen atoms in total. The highest BCUT2D eigenvalue weighted by atomic mass is 19.1. The number of urea groups is 1. The largest absolute Gasteiger partial charge is 0.457 e. The number of hydrogen-bond donors (Lipinski definition) is 3. The van der Waals surface area contributed by atoms with E-state index < -0.39 is 12.1 Å². The molecule has 2 rings (SSSR count). The third kappa shape index (κ3) is 5.77. The number of carbonyl (C=O) groups is 2. The summed E-state index contributed by atoms with van der Waals surface area (Å²) in [5.41, 5.74) is 5.97. The van der Waals surface area contributed by atoms with Crippen LogP contribution in [-0.2, 0) is 11.3 Å². The van der Waals surface area contributed by atoms with Crippen LogP contribution in [0.4, 0.5) is 9.18 Å². The third-order valence-corrected chi connectivity index (χ3v) is 3.69. The minimum atomic E-state index is -0.735. The summed E-state index contributed by atoms with van der Waals surface area (Å²) in [6.45, 7) is 3.95.